The number of aromatic amines is 1. The summed E-state index contributed by atoms with van der Waals surface area (Å²) in [4.78, 5) is 14.1. The molecular formula is C12H7F3N2O. The highest BCUT2D eigenvalue weighted by atomic mass is 19.4. The van der Waals surface area contributed by atoms with Crippen molar-refractivity contribution in [1.29, 1.82) is 5.26 Å². The molecule has 1 heterocycles. The lowest BCUT2D eigenvalue weighted by Gasteiger charge is -2.09. The molecule has 1 aromatic carbocycles. The lowest BCUT2D eigenvalue weighted by atomic mass is 10.0. The SMILES string of the molecule is Cc1cc2cc(C(F)(F)F)cc(C#N)c2c(=O)[nH]1. The second kappa shape index (κ2) is 3.88. The number of fused-ring (bicyclic) bond motifs is 1. The number of halogens is 3. The molecule has 0 radical (unpaired) electrons. The molecule has 0 aliphatic carbocycles. The Balaban J connectivity index is 2.94. The van der Waals surface area contributed by atoms with Crippen LogP contribution in [0.5, 0.6) is 0 Å². The van der Waals surface area contributed by atoms with Crippen molar-refractivity contribution < 1.29 is 13.2 Å². The van der Waals surface area contributed by atoms with Crippen LogP contribution in [0.3, 0.4) is 0 Å². The van der Waals surface area contributed by atoms with E-state index in [0.717, 1.165) is 6.07 Å². The number of rotatable bonds is 0. The number of hydrogen-bond acceptors (Lipinski definition) is 2. The minimum Gasteiger partial charge on any atom is -0.326 e. The molecule has 0 amide bonds. The predicted octanol–water partition coefficient (Wildman–Crippen LogP) is 2.73. The lowest BCUT2D eigenvalue weighted by Crippen LogP contribution is -2.12. The molecule has 2 rings (SSSR count). The molecule has 0 spiro atoms. The van der Waals surface area contributed by atoms with E-state index < -0.39 is 17.3 Å². The van der Waals surface area contributed by atoms with Gasteiger partial charge in [0.25, 0.3) is 5.56 Å². The van der Waals surface area contributed by atoms with Gasteiger partial charge >= 0.3 is 6.18 Å². The summed E-state index contributed by atoms with van der Waals surface area (Å²) >= 11 is 0. The van der Waals surface area contributed by atoms with Crippen molar-refractivity contribution in [3.05, 3.63) is 45.4 Å². The molecule has 0 atom stereocenters. The number of aryl methyl sites for hydroxylation is 1. The van der Waals surface area contributed by atoms with Gasteiger partial charge in [-0.3, -0.25) is 4.79 Å². The standard InChI is InChI=1S/C12H7F3N2O/c1-6-2-7-3-9(12(13,14)15)4-8(5-16)10(7)11(18)17-6/h2-4H,1H3,(H,17,18). The van der Waals surface area contributed by atoms with Gasteiger partial charge in [0, 0.05) is 5.69 Å². The largest absolute Gasteiger partial charge is 0.416 e. The molecule has 0 aliphatic heterocycles. The summed E-state index contributed by atoms with van der Waals surface area (Å²) in [6, 6.07) is 4.59. The number of aromatic nitrogens is 1. The van der Waals surface area contributed by atoms with E-state index in [4.69, 9.17) is 5.26 Å². The maximum Gasteiger partial charge on any atom is 0.416 e. The summed E-state index contributed by atoms with van der Waals surface area (Å²) in [5, 5.41) is 8.95. The summed E-state index contributed by atoms with van der Waals surface area (Å²) in [6.07, 6.45) is -4.55. The second-order valence-electron chi connectivity index (χ2n) is 3.88. The van der Waals surface area contributed by atoms with E-state index in [0.29, 0.717) is 11.8 Å². The molecule has 1 aromatic heterocycles. The normalized spacial score (nSPS) is 11.5. The van der Waals surface area contributed by atoms with Gasteiger partial charge in [0.1, 0.15) is 0 Å². The number of nitrogens with zero attached hydrogens (tertiary/aromatic N) is 1. The van der Waals surface area contributed by atoms with Crippen LogP contribution in [-0.2, 0) is 6.18 Å². The summed E-state index contributed by atoms with van der Waals surface area (Å²) in [6.45, 7) is 1.56. The van der Waals surface area contributed by atoms with Crippen molar-refractivity contribution in [3.63, 3.8) is 0 Å². The Hall–Kier alpha value is -2.29. The summed E-state index contributed by atoms with van der Waals surface area (Å²) in [5.41, 5.74) is -1.33. The van der Waals surface area contributed by atoms with Gasteiger partial charge in [0.15, 0.2) is 0 Å². The van der Waals surface area contributed by atoms with Crippen molar-refractivity contribution in [1.82, 2.24) is 4.98 Å². The Bertz CT molecular complexity index is 723. The Morgan fingerprint density at radius 2 is 1.94 bits per heavy atom. The molecule has 0 fully saturated rings. The number of alkyl halides is 3. The Morgan fingerprint density at radius 1 is 1.28 bits per heavy atom. The fraction of sp³-hybridized carbons (Fsp3) is 0.167. The van der Waals surface area contributed by atoms with Gasteiger partial charge in [-0.05, 0) is 30.5 Å². The number of H-pyrrole nitrogens is 1. The fourth-order valence-corrected chi connectivity index (χ4v) is 1.79. The molecule has 0 saturated carbocycles. The van der Waals surface area contributed by atoms with E-state index in [1.54, 1.807) is 13.0 Å². The number of nitrogens with one attached hydrogen (secondary N) is 1. The summed E-state index contributed by atoms with van der Waals surface area (Å²) < 4.78 is 37.9. The first-order valence-electron chi connectivity index (χ1n) is 4.98. The van der Waals surface area contributed by atoms with E-state index in [1.165, 1.54) is 6.07 Å². The van der Waals surface area contributed by atoms with Crippen molar-refractivity contribution >= 4 is 10.8 Å². The molecule has 0 aliphatic rings. The van der Waals surface area contributed by atoms with Gasteiger partial charge < -0.3 is 4.98 Å². The van der Waals surface area contributed by atoms with Crippen LogP contribution >= 0.6 is 0 Å². The van der Waals surface area contributed by atoms with Gasteiger partial charge in [-0.15, -0.1) is 0 Å². The van der Waals surface area contributed by atoms with Crippen LogP contribution in [0.4, 0.5) is 13.2 Å². The van der Waals surface area contributed by atoms with Crippen molar-refractivity contribution in [2.45, 2.75) is 13.1 Å². The first kappa shape index (κ1) is 12.2. The minimum absolute atomic E-state index is 0.0175. The monoisotopic (exact) mass is 252 g/mol. The van der Waals surface area contributed by atoms with Gasteiger partial charge in [0.2, 0.25) is 0 Å². The van der Waals surface area contributed by atoms with Crippen LogP contribution in [0.15, 0.2) is 23.0 Å². The van der Waals surface area contributed by atoms with E-state index in [1.807, 2.05) is 0 Å². The average Bonchev–Trinajstić information content (AvgIpc) is 2.25. The summed E-state index contributed by atoms with van der Waals surface area (Å²) in [5.74, 6) is 0. The van der Waals surface area contributed by atoms with E-state index >= 15 is 0 Å². The average molecular weight is 252 g/mol. The van der Waals surface area contributed by atoms with Crippen LogP contribution < -0.4 is 5.56 Å². The second-order valence-corrected chi connectivity index (χ2v) is 3.88. The zero-order chi connectivity index (χ0) is 13.5. The maximum atomic E-state index is 12.6. The van der Waals surface area contributed by atoms with Crippen LogP contribution in [0.2, 0.25) is 0 Å². The topological polar surface area (TPSA) is 56.6 Å². The molecule has 18 heavy (non-hydrogen) atoms. The minimum atomic E-state index is -4.55. The highest BCUT2D eigenvalue weighted by Gasteiger charge is 2.31. The fourth-order valence-electron chi connectivity index (χ4n) is 1.79. The summed E-state index contributed by atoms with van der Waals surface area (Å²) in [7, 11) is 0. The third-order valence-electron chi connectivity index (χ3n) is 2.53. The molecular weight excluding hydrogens is 245 g/mol. The molecule has 0 saturated heterocycles. The Kier molecular flexibility index (Phi) is 2.62. The first-order valence-corrected chi connectivity index (χ1v) is 4.98. The first-order chi connectivity index (χ1) is 8.32. The van der Waals surface area contributed by atoms with E-state index in [2.05, 4.69) is 4.98 Å². The van der Waals surface area contributed by atoms with Crippen molar-refractivity contribution in [2.75, 3.05) is 0 Å². The third kappa shape index (κ3) is 1.95. The molecule has 0 bridgehead atoms. The predicted molar refractivity (Wildman–Crippen MR) is 59.0 cm³/mol. The number of pyridine rings is 1. The molecule has 1 N–H and O–H groups in total. The third-order valence-corrected chi connectivity index (χ3v) is 2.53. The zero-order valence-electron chi connectivity index (χ0n) is 9.22. The molecule has 6 heteroatoms. The quantitative estimate of drug-likeness (QED) is 0.783. The van der Waals surface area contributed by atoms with Crippen LogP contribution in [0.1, 0.15) is 16.8 Å². The van der Waals surface area contributed by atoms with Crippen molar-refractivity contribution in [2.24, 2.45) is 0 Å². The zero-order valence-corrected chi connectivity index (χ0v) is 9.22. The number of hydrogen-bond donors (Lipinski definition) is 1. The van der Waals surface area contributed by atoms with Gasteiger partial charge in [-0.2, -0.15) is 18.4 Å². The van der Waals surface area contributed by atoms with Crippen molar-refractivity contribution in [3.8, 4) is 6.07 Å². The Labute approximate surface area is 99.5 Å². The van der Waals surface area contributed by atoms with Gasteiger partial charge in [0.05, 0.1) is 22.6 Å². The van der Waals surface area contributed by atoms with Crippen LogP contribution in [0, 0.1) is 18.3 Å². The highest BCUT2D eigenvalue weighted by molar-refractivity contribution is 5.88. The smallest absolute Gasteiger partial charge is 0.326 e. The molecule has 2 aromatic rings. The lowest BCUT2D eigenvalue weighted by molar-refractivity contribution is -0.137. The van der Waals surface area contributed by atoms with Gasteiger partial charge in [-0.25, -0.2) is 0 Å². The highest BCUT2D eigenvalue weighted by Crippen LogP contribution is 2.32. The Morgan fingerprint density at radius 3 is 2.50 bits per heavy atom. The number of benzene rings is 1. The molecule has 0 unspecified atom stereocenters. The van der Waals surface area contributed by atoms with Gasteiger partial charge in [-0.1, -0.05) is 0 Å². The van der Waals surface area contributed by atoms with Crippen LogP contribution in [0.25, 0.3) is 10.8 Å². The maximum absolute atomic E-state index is 12.6. The number of nitriles is 1. The van der Waals surface area contributed by atoms with E-state index in [9.17, 15) is 18.0 Å². The van der Waals surface area contributed by atoms with E-state index in [-0.39, 0.29) is 16.3 Å². The molecule has 92 valence electrons. The molecule has 3 nitrogen and oxygen atoms in total. The van der Waals surface area contributed by atoms with Crippen LogP contribution in [-0.4, -0.2) is 4.98 Å².